The van der Waals surface area contributed by atoms with Gasteiger partial charge in [-0.25, -0.2) is 0 Å². The van der Waals surface area contributed by atoms with Gasteiger partial charge in [-0.05, 0) is 19.8 Å². The summed E-state index contributed by atoms with van der Waals surface area (Å²) in [4.78, 5) is 14.5. The van der Waals surface area contributed by atoms with E-state index in [2.05, 4.69) is 4.99 Å². The minimum Gasteiger partial charge on any atom is -0.387 e. The summed E-state index contributed by atoms with van der Waals surface area (Å²) in [5.41, 5.74) is 10.6. The van der Waals surface area contributed by atoms with Gasteiger partial charge >= 0.3 is 0 Å². The molecule has 1 aliphatic carbocycles. The Morgan fingerprint density at radius 3 is 2.45 bits per heavy atom. The van der Waals surface area contributed by atoms with Crippen LogP contribution in [0.15, 0.2) is 4.99 Å². The highest BCUT2D eigenvalue weighted by molar-refractivity contribution is 5.88. The lowest BCUT2D eigenvalue weighted by Gasteiger charge is -2.02. The molecule has 0 aromatic heterocycles. The van der Waals surface area contributed by atoms with E-state index in [9.17, 15) is 4.79 Å². The van der Waals surface area contributed by atoms with Gasteiger partial charge in [-0.3, -0.25) is 9.79 Å². The lowest BCUT2D eigenvalue weighted by atomic mass is 10.3. The molecule has 0 radical (unpaired) electrons. The van der Waals surface area contributed by atoms with Crippen LogP contribution in [-0.2, 0) is 4.79 Å². The zero-order chi connectivity index (χ0) is 8.43. The second-order valence-electron chi connectivity index (χ2n) is 2.91. The first-order valence-electron chi connectivity index (χ1n) is 3.73. The summed E-state index contributed by atoms with van der Waals surface area (Å²) in [7, 11) is 0. The van der Waals surface area contributed by atoms with E-state index in [-0.39, 0.29) is 0 Å². The van der Waals surface area contributed by atoms with Crippen LogP contribution in [0.25, 0.3) is 0 Å². The van der Waals surface area contributed by atoms with Crippen LogP contribution in [0, 0.1) is 5.92 Å². The highest BCUT2D eigenvalue weighted by atomic mass is 16.1. The summed E-state index contributed by atoms with van der Waals surface area (Å²) in [6, 6.07) is -0.476. The summed E-state index contributed by atoms with van der Waals surface area (Å²) in [5, 5.41) is 0. The fourth-order valence-electron chi connectivity index (χ4n) is 0.772. The highest BCUT2D eigenvalue weighted by Gasteiger charge is 2.26. The van der Waals surface area contributed by atoms with Crippen molar-refractivity contribution in [2.45, 2.75) is 25.8 Å². The number of nitrogens with zero attached hydrogens (tertiary/aromatic N) is 1. The molecule has 0 saturated heterocycles. The third kappa shape index (κ3) is 2.22. The second kappa shape index (κ2) is 2.90. The Bertz CT molecular complexity index is 196. The Labute approximate surface area is 65.7 Å². The van der Waals surface area contributed by atoms with E-state index in [0.717, 1.165) is 12.8 Å². The van der Waals surface area contributed by atoms with E-state index < -0.39 is 11.9 Å². The first-order chi connectivity index (χ1) is 5.11. The van der Waals surface area contributed by atoms with Gasteiger partial charge in [0.15, 0.2) is 0 Å². The molecule has 1 saturated carbocycles. The minimum absolute atomic E-state index is 0.414. The van der Waals surface area contributed by atoms with Crippen LogP contribution in [0.1, 0.15) is 19.8 Å². The summed E-state index contributed by atoms with van der Waals surface area (Å²) < 4.78 is 0. The van der Waals surface area contributed by atoms with E-state index in [1.165, 1.54) is 0 Å². The van der Waals surface area contributed by atoms with Crippen molar-refractivity contribution in [3.05, 3.63) is 0 Å². The average molecular weight is 155 g/mol. The van der Waals surface area contributed by atoms with Crippen molar-refractivity contribution in [2.75, 3.05) is 0 Å². The topological polar surface area (TPSA) is 81.5 Å². The molecule has 4 N–H and O–H groups in total. The van der Waals surface area contributed by atoms with Gasteiger partial charge in [0.1, 0.15) is 6.04 Å². The molecule has 0 spiro atoms. The molecule has 0 aliphatic heterocycles. The molecule has 1 atom stereocenters. The van der Waals surface area contributed by atoms with Crippen LogP contribution in [-0.4, -0.2) is 17.8 Å². The zero-order valence-electron chi connectivity index (χ0n) is 6.58. The lowest BCUT2D eigenvalue weighted by molar-refractivity contribution is -0.118. The standard InChI is InChI=1S/C7H13N3O/c1-4(7(9)11)10-6(8)5-2-3-5/h4-5H,2-3H2,1H3,(H2,8,10)(H2,9,11). The molecule has 0 bridgehead atoms. The Kier molecular flexibility index (Phi) is 2.12. The summed E-state index contributed by atoms with van der Waals surface area (Å²) in [6.45, 7) is 1.65. The number of aliphatic imine (C=N–C) groups is 1. The van der Waals surface area contributed by atoms with E-state index in [1.54, 1.807) is 6.92 Å². The molecule has 1 amide bonds. The van der Waals surface area contributed by atoms with Crippen LogP contribution >= 0.6 is 0 Å². The van der Waals surface area contributed by atoms with Crippen molar-refractivity contribution in [3.63, 3.8) is 0 Å². The average Bonchev–Trinajstić information content (AvgIpc) is 2.67. The number of carbonyl (C=O) groups excluding carboxylic acids is 1. The van der Waals surface area contributed by atoms with Gasteiger partial charge in [0.05, 0.1) is 5.84 Å². The lowest BCUT2D eigenvalue weighted by Crippen LogP contribution is -2.27. The van der Waals surface area contributed by atoms with Crippen LogP contribution in [0.4, 0.5) is 0 Å². The van der Waals surface area contributed by atoms with Crippen molar-refractivity contribution < 1.29 is 4.79 Å². The summed E-state index contributed by atoms with van der Waals surface area (Å²) in [6.07, 6.45) is 2.20. The fourth-order valence-corrected chi connectivity index (χ4v) is 0.772. The molecule has 4 nitrogen and oxygen atoms in total. The first-order valence-corrected chi connectivity index (χ1v) is 3.73. The zero-order valence-corrected chi connectivity index (χ0v) is 6.58. The Morgan fingerprint density at radius 2 is 2.09 bits per heavy atom. The number of primary amides is 1. The minimum atomic E-state index is -0.476. The molecular formula is C7H13N3O. The number of carbonyl (C=O) groups is 1. The van der Waals surface area contributed by atoms with Crippen molar-refractivity contribution in [1.82, 2.24) is 0 Å². The Hall–Kier alpha value is -1.06. The van der Waals surface area contributed by atoms with Gasteiger partial charge in [-0.15, -0.1) is 0 Å². The maximum absolute atomic E-state index is 10.5. The number of rotatable bonds is 3. The number of amidine groups is 1. The maximum atomic E-state index is 10.5. The SMILES string of the molecule is CC(N=C(N)C1CC1)C(N)=O. The van der Waals surface area contributed by atoms with Gasteiger partial charge in [-0.1, -0.05) is 0 Å². The first kappa shape index (κ1) is 8.04. The van der Waals surface area contributed by atoms with Crippen molar-refractivity contribution >= 4 is 11.7 Å². The van der Waals surface area contributed by atoms with Crippen molar-refractivity contribution in [1.29, 1.82) is 0 Å². The van der Waals surface area contributed by atoms with Crippen LogP contribution < -0.4 is 11.5 Å². The van der Waals surface area contributed by atoms with Gasteiger partial charge in [-0.2, -0.15) is 0 Å². The molecule has 1 rings (SSSR count). The smallest absolute Gasteiger partial charge is 0.242 e. The normalized spacial score (nSPS) is 21.4. The molecule has 1 unspecified atom stereocenters. The molecule has 1 aliphatic rings. The van der Waals surface area contributed by atoms with Gasteiger partial charge in [0, 0.05) is 5.92 Å². The Balaban J connectivity index is 2.48. The van der Waals surface area contributed by atoms with E-state index in [1.807, 2.05) is 0 Å². The fraction of sp³-hybridized carbons (Fsp3) is 0.714. The van der Waals surface area contributed by atoms with Crippen LogP contribution in [0.2, 0.25) is 0 Å². The maximum Gasteiger partial charge on any atom is 0.242 e. The van der Waals surface area contributed by atoms with Crippen molar-refractivity contribution in [2.24, 2.45) is 22.4 Å². The largest absolute Gasteiger partial charge is 0.387 e. The molecule has 11 heavy (non-hydrogen) atoms. The van der Waals surface area contributed by atoms with Crippen LogP contribution in [0.3, 0.4) is 0 Å². The highest BCUT2D eigenvalue weighted by Crippen LogP contribution is 2.28. The predicted molar refractivity (Wildman–Crippen MR) is 43.0 cm³/mol. The molecule has 0 aromatic carbocycles. The van der Waals surface area contributed by atoms with Gasteiger partial charge in [0.25, 0.3) is 0 Å². The van der Waals surface area contributed by atoms with E-state index in [4.69, 9.17) is 11.5 Å². The van der Waals surface area contributed by atoms with Gasteiger partial charge in [0.2, 0.25) is 5.91 Å². The molecule has 62 valence electrons. The molecular weight excluding hydrogens is 142 g/mol. The molecule has 0 aromatic rings. The quantitative estimate of drug-likeness (QED) is 0.430. The van der Waals surface area contributed by atoms with E-state index >= 15 is 0 Å². The summed E-state index contributed by atoms with van der Waals surface area (Å²) in [5.74, 6) is 0.571. The van der Waals surface area contributed by atoms with Crippen molar-refractivity contribution in [3.8, 4) is 0 Å². The molecule has 1 fully saturated rings. The number of nitrogens with two attached hydrogens (primary N) is 2. The molecule has 4 heteroatoms. The third-order valence-electron chi connectivity index (χ3n) is 1.75. The second-order valence-corrected chi connectivity index (χ2v) is 2.91. The Morgan fingerprint density at radius 1 is 1.55 bits per heavy atom. The van der Waals surface area contributed by atoms with Crippen LogP contribution in [0.5, 0.6) is 0 Å². The number of hydrogen-bond donors (Lipinski definition) is 2. The van der Waals surface area contributed by atoms with Gasteiger partial charge < -0.3 is 11.5 Å². The number of amides is 1. The monoisotopic (exact) mass is 155 g/mol. The third-order valence-corrected chi connectivity index (χ3v) is 1.75. The molecule has 0 heterocycles. The van der Waals surface area contributed by atoms with E-state index in [0.29, 0.717) is 11.8 Å². The predicted octanol–water partition coefficient (Wildman–Crippen LogP) is -0.373. The number of hydrogen-bond acceptors (Lipinski definition) is 2. The summed E-state index contributed by atoms with van der Waals surface area (Å²) >= 11 is 0.